The number of rotatable bonds is 3. The van der Waals surface area contributed by atoms with E-state index < -0.39 is 0 Å². The zero-order valence-electron chi connectivity index (χ0n) is 16.0. The first-order valence-corrected chi connectivity index (χ1v) is 10.3. The van der Waals surface area contributed by atoms with Gasteiger partial charge < -0.3 is 13.8 Å². The molecule has 3 aromatic heterocycles. The van der Waals surface area contributed by atoms with Crippen LogP contribution in [0.1, 0.15) is 63.2 Å². The lowest BCUT2D eigenvalue weighted by atomic mass is 9.94. The van der Waals surface area contributed by atoms with Crippen molar-refractivity contribution in [2.75, 3.05) is 6.54 Å². The quantitative estimate of drug-likeness (QED) is 0.647. The molecule has 1 amide bonds. The maximum Gasteiger partial charge on any atom is 0.231 e. The molecule has 7 heteroatoms. The summed E-state index contributed by atoms with van der Waals surface area (Å²) in [4.78, 5) is 23.8. The average molecular weight is 379 g/mol. The molecule has 5 rings (SSSR count). The van der Waals surface area contributed by atoms with Crippen LogP contribution in [0.2, 0.25) is 0 Å². The summed E-state index contributed by atoms with van der Waals surface area (Å²) < 4.78 is 7.54. The van der Waals surface area contributed by atoms with E-state index in [0.717, 1.165) is 24.9 Å². The normalized spacial score (nSPS) is 21.9. The second-order valence-electron chi connectivity index (χ2n) is 7.98. The third-order valence-corrected chi connectivity index (χ3v) is 6.09. The molecule has 7 nitrogen and oxygen atoms in total. The largest absolute Gasteiger partial charge is 0.339 e. The number of hydrogen-bond donors (Lipinski definition) is 0. The predicted molar refractivity (Wildman–Crippen MR) is 104 cm³/mol. The van der Waals surface area contributed by atoms with E-state index in [1.54, 1.807) is 0 Å². The van der Waals surface area contributed by atoms with E-state index in [9.17, 15) is 4.79 Å². The Kier molecular flexibility index (Phi) is 4.58. The molecule has 146 valence electrons. The molecule has 2 aliphatic rings. The highest BCUT2D eigenvalue weighted by atomic mass is 16.5. The van der Waals surface area contributed by atoms with Crippen molar-refractivity contribution in [1.82, 2.24) is 24.4 Å². The Bertz CT molecular complexity index is 937. The molecule has 0 spiro atoms. The van der Waals surface area contributed by atoms with Crippen LogP contribution in [-0.2, 0) is 4.79 Å². The molecule has 0 bridgehead atoms. The first-order valence-electron chi connectivity index (χ1n) is 10.3. The van der Waals surface area contributed by atoms with Crippen LogP contribution in [0.15, 0.2) is 35.1 Å². The maximum absolute atomic E-state index is 12.6. The molecule has 0 aromatic carbocycles. The molecule has 0 unspecified atom stereocenters. The Morgan fingerprint density at radius 3 is 2.71 bits per heavy atom. The van der Waals surface area contributed by atoms with E-state index >= 15 is 0 Å². The molecule has 3 aromatic rings. The van der Waals surface area contributed by atoms with Gasteiger partial charge in [0, 0.05) is 31.4 Å². The molecule has 1 saturated heterocycles. The zero-order valence-corrected chi connectivity index (χ0v) is 16.0. The van der Waals surface area contributed by atoms with Crippen LogP contribution in [0.4, 0.5) is 0 Å². The Morgan fingerprint density at radius 2 is 1.89 bits per heavy atom. The van der Waals surface area contributed by atoms with Gasteiger partial charge in [-0.2, -0.15) is 4.98 Å². The Labute approximate surface area is 163 Å². The summed E-state index contributed by atoms with van der Waals surface area (Å²) >= 11 is 0. The Balaban J connectivity index is 1.35. The number of aromatic nitrogens is 4. The lowest BCUT2D eigenvalue weighted by Crippen LogP contribution is -2.45. The average Bonchev–Trinajstić information content (AvgIpc) is 3.28. The third kappa shape index (κ3) is 3.30. The van der Waals surface area contributed by atoms with Gasteiger partial charge >= 0.3 is 0 Å². The van der Waals surface area contributed by atoms with Gasteiger partial charge in [0.2, 0.25) is 17.6 Å². The molecule has 0 N–H and O–H groups in total. The summed E-state index contributed by atoms with van der Waals surface area (Å²) in [6.07, 6.45) is 12.4. The lowest BCUT2D eigenvalue weighted by molar-refractivity contribution is -0.136. The smallest absolute Gasteiger partial charge is 0.231 e. The van der Waals surface area contributed by atoms with E-state index in [0.29, 0.717) is 36.4 Å². The van der Waals surface area contributed by atoms with Gasteiger partial charge in [-0.15, -0.1) is 0 Å². The monoisotopic (exact) mass is 379 g/mol. The molecule has 1 aliphatic carbocycles. The van der Waals surface area contributed by atoms with Crippen molar-refractivity contribution in [3.63, 3.8) is 0 Å². The van der Waals surface area contributed by atoms with Crippen molar-refractivity contribution in [2.24, 2.45) is 0 Å². The number of likely N-dealkylation sites (tertiary alicyclic amines) is 1. The van der Waals surface area contributed by atoms with Crippen molar-refractivity contribution >= 4 is 11.6 Å². The standard InChI is InChI=1S/C21H25N5O2/c27-19-11-10-15(13-26(19)16-7-3-1-2-4-8-16)21-23-20(24-28-21)17-14-25-12-6-5-9-18(25)22-17/h5-6,9,12,14-16H,1-4,7-8,10-11,13H2/t15-/m0/s1. The van der Waals surface area contributed by atoms with Gasteiger partial charge in [-0.25, -0.2) is 4.98 Å². The Hall–Kier alpha value is -2.70. The fraction of sp³-hybridized carbons (Fsp3) is 0.524. The molecule has 2 fully saturated rings. The van der Waals surface area contributed by atoms with Crippen LogP contribution in [0.25, 0.3) is 17.2 Å². The van der Waals surface area contributed by atoms with E-state index in [4.69, 9.17) is 4.52 Å². The van der Waals surface area contributed by atoms with Gasteiger partial charge in [0.25, 0.3) is 0 Å². The second kappa shape index (κ2) is 7.37. The second-order valence-corrected chi connectivity index (χ2v) is 7.98. The van der Waals surface area contributed by atoms with Gasteiger partial charge in [-0.1, -0.05) is 36.9 Å². The molecule has 1 atom stereocenters. The predicted octanol–water partition coefficient (Wildman–Crippen LogP) is 3.81. The minimum atomic E-state index is 0.110. The van der Waals surface area contributed by atoms with Crippen LogP contribution in [0.5, 0.6) is 0 Å². The molecular formula is C21H25N5O2. The number of imidazole rings is 1. The minimum absolute atomic E-state index is 0.110. The molecular weight excluding hydrogens is 354 g/mol. The summed E-state index contributed by atoms with van der Waals surface area (Å²) in [5, 5.41) is 4.16. The number of amides is 1. The molecule has 4 heterocycles. The van der Waals surface area contributed by atoms with Crippen molar-refractivity contribution < 1.29 is 9.32 Å². The Morgan fingerprint density at radius 1 is 1.04 bits per heavy atom. The highest BCUT2D eigenvalue weighted by molar-refractivity contribution is 5.77. The number of hydrogen-bond acceptors (Lipinski definition) is 5. The van der Waals surface area contributed by atoms with E-state index in [1.165, 1.54) is 25.7 Å². The summed E-state index contributed by atoms with van der Waals surface area (Å²) in [6, 6.07) is 6.23. The fourth-order valence-electron chi connectivity index (χ4n) is 4.54. The highest BCUT2D eigenvalue weighted by Gasteiger charge is 2.34. The van der Waals surface area contributed by atoms with E-state index in [1.807, 2.05) is 35.0 Å². The third-order valence-electron chi connectivity index (χ3n) is 6.09. The fourth-order valence-corrected chi connectivity index (χ4v) is 4.54. The number of carbonyl (C=O) groups excluding carboxylic acids is 1. The lowest BCUT2D eigenvalue weighted by Gasteiger charge is -2.37. The highest BCUT2D eigenvalue weighted by Crippen LogP contribution is 2.32. The summed E-state index contributed by atoms with van der Waals surface area (Å²) in [5.41, 5.74) is 1.56. The first kappa shape index (κ1) is 17.4. The van der Waals surface area contributed by atoms with Gasteiger partial charge in [0.15, 0.2) is 0 Å². The van der Waals surface area contributed by atoms with Gasteiger partial charge in [0.1, 0.15) is 11.3 Å². The first-order chi connectivity index (χ1) is 13.8. The van der Waals surface area contributed by atoms with Crippen molar-refractivity contribution in [2.45, 2.75) is 63.3 Å². The molecule has 1 aliphatic heterocycles. The molecule has 0 radical (unpaired) electrons. The zero-order chi connectivity index (χ0) is 18.9. The van der Waals surface area contributed by atoms with Crippen molar-refractivity contribution in [1.29, 1.82) is 0 Å². The van der Waals surface area contributed by atoms with Crippen LogP contribution in [0.3, 0.4) is 0 Å². The van der Waals surface area contributed by atoms with Crippen LogP contribution < -0.4 is 0 Å². The van der Waals surface area contributed by atoms with Crippen LogP contribution >= 0.6 is 0 Å². The number of nitrogens with zero attached hydrogens (tertiary/aromatic N) is 5. The van der Waals surface area contributed by atoms with Gasteiger partial charge in [-0.3, -0.25) is 4.79 Å². The number of carbonyl (C=O) groups is 1. The number of fused-ring (bicyclic) bond motifs is 1. The van der Waals surface area contributed by atoms with Gasteiger partial charge in [0.05, 0.1) is 5.92 Å². The SMILES string of the molecule is O=C1CC[C@H](c2nc(-c3cn4ccccc4n3)no2)CN1C1CCCCCC1. The van der Waals surface area contributed by atoms with E-state index in [-0.39, 0.29) is 11.8 Å². The van der Waals surface area contributed by atoms with Crippen molar-refractivity contribution in [3.05, 3.63) is 36.5 Å². The van der Waals surface area contributed by atoms with Crippen molar-refractivity contribution in [3.8, 4) is 11.5 Å². The van der Waals surface area contributed by atoms with E-state index in [2.05, 4.69) is 20.0 Å². The maximum atomic E-state index is 12.6. The van der Waals surface area contributed by atoms with Crippen LogP contribution in [-0.4, -0.2) is 42.9 Å². The molecule has 28 heavy (non-hydrogen) atoms. The summed E-state index contributed by atoms with van der Waals surface area (Å²) in [6.45, 7) is 0.691. The summed E-state index contributed by atoms with van der Waals surface area (Å²) in [7, 11) is 0. The topological polar surface area (TPSA) is 76.5 Å². The van der Waals surface area contributed by atoms with Crippen LogP contribution in [0, 0.1) is 0 Å². The number of pyridine rings is 1. The number of piperidine rings is 1. The summed E-state index contributed by atoms with van der Waals surface area (Å²) in [5.74, 6) is 1.53. The van der Waals surface area contributed by atoms with Gasteiger partial charge in [-0.05, 0) is 31.4 Å². The molecule has 1 saturated carbocycles. The minimum Gasteiger partial charge on any atom is -0.339 e.